The second-order valence-electron chi connectivity index (χ2n) is 6.00. The van der Waals surface area contributed by atoms with Crippen molar-refractivity contribution >= 4 is 33.2 Å². The molecule has 3 N–H and O–H groups in total. The highest BCUT2D eigenvalue weighted by atomic mass is 32.2. The van der Waals surface area contributed by atoms with Crippen LogP contribution in [0.1, 0.15) is 23.1 Å². The van der Waals surface area contributed by atoms with Crippen molar-refractivity contribution in [2.45, 2.75) is 24.8 Å². The Morgan fingerprint density at radius 2 is 1.96 bits per heavy atom. The molecule has 0 radical (unpaired) electrons. The van der Waals surface area contributed by atoms with E-state index in [1.165, 1.54) is 43.5 Å². The van der Waals surface area contributed by atoms with E-state index in [-0.39, 0.29) is 16.1 Å². The van der Waals surface area contributed by atoms with E-state index in [0.29, 0.717) is 11.5 Å². The third-order valence-electron chi connectivity index (χ3n) is 3.89. The van der Waals surface area contributed by atoms with Crippen LogP contribution in [0.4, 0.5) is 5.69 Å². The Morgan fingerprint density at radius 3 is 2.68 bits per heavy atom. The molecular weight excluding hydrogens is 386 g/mol. The largest absolute Gasteiger partial charge is 0.449 e. The summed E-state index contributed by atoms with van der Waals surface area (Å²) in [7, 11) is -3.90. The van der Waals surface area contributed by atoms with Crippen LogP contribution in [0.25, 0.3) is 5.65 Å². The third-order valence-corrected chi connectivity index (χ3v) is 4.80. The fraction of sp³-hybridized carbons (Fsp3) is 0.176. The molecule has 3 rings (SSSR count). The van der Waals surface area contributed by atoms with Gasteiger partial charge in [-0.15, -0.1) is 10.2 Å². The van der Waals surface area contributed by atoms with Crippen molar-refractivity contribution in [3.63, 3.8) is 0 Å². The normalized spacial score (nSPS) is 12.5. The first-order valence-corrected chi connectivity index (χ1v) is 9.66. The average molecular weight is 403 g/mol. The van der Waals surface area contributed by atoms with Crippen molar-refractivity contribution < 1.29 is 22.7 Å². The van der Waals surface area contributed by atoms with Crippen LogP contribution in [0.15, 0.2) is 47.5 Å². The summed E-state index contributed by atoms with van der Waals surface area (Å²) in [6.07, 6.45) is 0.399. The number of ether oxygens (including phenoxy) is 1. The van der Waals surface area contributed by atoms with Gasteiger partial charge in [-0.1, -0.05) is 6.07 Å². The van der Waals surface area contributed by atoms with Gasteiger partial charge < -0.3 is 10.1 Å². The van der Waals surface area contributed by atoms with Crippen molar-refractivity contribution in [2.24, 2.45) is 5.14 Å². The monoisotopic (exact) mass is 403 g/mol. The van der Waals surface area contributed by atoms with Crippen molar-refractivity contribution in [1.82, 2.24) is 14.6 Å². The second-order valence-corrected chi connectivity index (χ2v) is 7.56. The maximum atomic E-state index is 12.3. The standard InChI is InChI=1S/C17H17N5O5S/c1-10(16(23)19-13-4-3-5-14(8-13)28(18,25)26)27-17(24)12-6-7-15-21-20-11(2)22(15)9-12/h3-10H,1-2H3,(H,19,23)(H2,18,25,26). The number of primary sulfonamides is 1. The van der Waals surface area contributed by atoms with Crippen LogP contribution in [0.2, 0.25) is 0 Å². The number of anilines is 1. The van der Waals surface area contributed by atoms with E-state index >= 15 is 0 Å². The summed E-state index contributed by atoms with van der Waals surface area (Å²) in [5, 5.41) is 15.4. The van der Waals surface area contributed by atoms with E-state index in [1.54, 1.807) is 17.4 Å². The van der Waals surface area contributed by atoms with E-state index in [2.05, 4.69) is 15.5 Å². The van der Waals surface area contributed by atoms with Crippen LogP contribution in [-0.4, -0.2) is 41.0 Å². The number of nitrogens with one attached hydrogen (secondary N) is 1. The molecule has 0 aliphatic rings. The van der Waals surface area contributed by atoms with Crippen LogP contribution in [0.5, 0.6) is 0 Å². The Balaban J connectivity index is 1.69. The summed E-state index contributed by atoms with van der Waals surface area (Å²) >= 11 is 0. The van der Waals surface area contributed by atoms with Gasteiger partial charge in [0.15, 0.2) is 11.8 Å². The molecule has 0 aliphatic carbocycles. The van der Waals surface area contributed by atoms with E-state index in [9.17, 15) is 18.0 Å². The van der Waals surface area contributed by atoms with Gasteiger partial charge in [-0.25, -0.2) is 18.4 Å². The Bertz CT molecular complexity index is 1170. The Kier molecular flexibility index (Phi) is 5.12. The molecule has 0 bridgehead atoms. The maximum Gasteiger partial charge on any atom is 0.340 e. The number of nitrogens with zero attached hydrogens (tertiary/aromatic N) is 3. The number of benzene rings is 1. The van der Waals surface area contributed by atoms with E-state index in [1.807, 2.05) is 0 Å². The third kappa shape index (κ3) is 4.15. The number of carbonyl (C=O) groups excluding carboxylic acids is 2. The van der Waals surface area contributed by atoms with Crippen LogP contribution < -0.4 is 10.5 Å². The van der Waals surface area contributed by atoms with Crippen LogP contribution >= 0.6 is 0 Å². The molecule has 11 heteroatoms. The zero-order chi connectivity index (χ0) is 20.5. The van der Waals surface area contributed by atoms with Gasteiger partial charge >= 0.3 is 5.97 Å². The van der Waals surface area contributed by atoms with Gasteiger partial charge in [-0.2, -0.15) is 0 Å². The predicted molar refractivity (Wildman–Crippen MR) is 99.0 cm³/mol. The lowest BCUT2D eigenvalue weighted by molar-refractivity contribution is -0.123. The lowest BCUT2D eigenvalue weighted by Crippen LogP contribution is -2.30. The highest BCUT2D eigenvalue weighted by molar-refractivity contribution is 7.89. The minimum atomic E-state index is -3.90. The highest BCUT2D eigenvalue weighted by Crippen LogP contribution is 2.15. The lowest BCUT2D eigenvalue weighted by atomic mass is 10.2. The zero-order valence-corrected chi connectivity index (χ0v) is 15.8. The molecule has 1 amide bonds. The summed E-state index contributed by atoms with van der Waals surface area (Å²) in [6, 6.07) is 8.57. The number of carbonyl (C=O) groups is 2. The molecule has 0 saturated heterocycles. The molecular formula is C17H17N5O5S. The van der Waals surface area contributed by atoms with Gasteiger partial charge in [-0.3, -0.25) is 9.20 Å². The van der Waals surface area contributed by atoms with Gasteiger partial charge in [0.1, 0.15) is 5.82 Å². The number of hydrogen-bond acceptors (Lipinski definition) is 7. The number of sulfonamides is 1. The quantitative estimate of drug-likeness (QED) is 0.601. The number of aromatic nitrogens is 3. The molecule has 0 aliphatic heterocycles. The van der Waals surface area contributed by atoms with Crippen molar-refractivity contribution in [2.75, 3.05) is 5.32 Å². The number of hydrogen-bond donors (Lipinski definition) is 2. The lowest BCUT2D eigenvalue weighted by Gasteiger charge is -2.14. The first kappa shape index (κ1) is 19.5. The summed E-state index contributed by atoms with van der Waals surface area (Å²) in [4.78, 5) is 24.4. The Labute approximate surface area is 160 Å². The molecule has 2 heterocycles. The molecule has 10 nitrogen and oxygen atoms in total. The van der Waals surface area contributed by atoms with Crippen molar-refractivity contribution in [3.05, 3.63) is 54.0 Å². The van der Waals surface area contributed by atoms with Crippen molar-refractivity contribution in [3.8, 4) is 0 Å². The summed E-state index contributed by atoms with van der Waals surface area (Å²) in [5.41, 5.74) is 1.02. The number of nitrogens with two attached hydrogens (primary N) is 1. The summed E-state index contributed by atoms with van der Waals surface area (Å²) in [5.74, 6) is -0.720. The number of esters is 1. The van der Waals surface area contributed by atoms with Crippen LogP contribution in [0, 0.1) is 6.92 Å². The fourth-order valence-corrected chi connectivity index (χ4v) is 2.96. The van der Waals surface area contributed by atoms with E-state index in [0.717, 1.165) is 0 Å². The summed E-state index contributed by atoms with van der Waals surface area (Å²) < 4.78 is 29.6. The van der Waals surface area contributed by atoms with Gasteiger partial charge in [-0.05, 0) is 44.2 Å². The van der Waals surface area contributed by atoms with E-state index in [4.69, 9.17) is 9.88 Å². The molecule has 1 unspecified atom stereocenters. The molecule has 28 heavy (non-hydrogen) atoms. The number of fused-ring (bicyclic) bond motifs is 1. The SMILES string of the molecule is Cc1nnc2ccc(C(=O)OC(C)C(=O)Nc3cccc(S(N)(=O)=O)c3)cn12. The molecule has 146 valence electrons. The minimum absolute atomic E-state index is 0.146. The molecule has 0 fully saturated rings. The van der Waals surface area contributed by atoms with Gasteiger partial charge in [0.25, 0.3) is 5.91 Å². The molecule has 2 aromatic heterocycles. The van der Waals surface area contributed by atoms with E-state index < -0.39 is 28.0 Å². The number of aryl methyl sites for hydroxylation is 1. The van der Waals surface area contributed by atoms with Crippen LogP contribution in [0.3, 0.4) is 0 Å². The Morgan fingerprint density at radius 1 is 1.21 bits per heavy atom. The number of rotatable bonds is 5. The minimum Gasteiger partial charge on any atom is -0.449 e. The van der Waals surface area contributed by atoms with Crippen LogP contribution in [-0.2, 0) is 19.6 Å². The highest BCUT2D eigenvalue weighted by Gasteiger charge is 2.20. The Hall–Kier alpha value is -3.31. The topological polar surface area (TPSA) is 146 Å². The predicted octanol–water partition coefficient (Wildman–Crippen LogP) is 0.869. The number of amides is 1. The first-order chi connectivity index (χ1) is 13.1. The average Bonchev–Trinajstić information content (AvgIpc) is 3.01. The second kappa shape index (κ2) is 7.37. The molecule has 3 aromatic rings. The number of pyridine rings is 1. The summed E-state index contributed by atoms with van der Waals surface area (Å²) in [6.45, 7) is 3.14. The smallest absolute Gasteiger partial charge is 0.340 e. The van der Waals surface area contributed by atoms with Gasteiger partial charge in [0, 0.05) is 11.9 Å². The molecule has 0 saturated carbocycles. The maximum absolute atomic E-state index is 12.3. The zero-order valence-electron chi connectivity index (χ0n) is 15.0. The molecule has 1 atom stereocenters. The van der Waals surface area contributed by atoms with Gasteiger partial charge in [0.05, 0.1) is 10.5 Å². The first-order valence-electron chi connectivity index (χ1n) is 8.11. The van der Waals surface area contributed by atoms with Gasteiger partial charge in [0.2, 0.25) is 10.0 Å². The fourth-order valence-electron chi connectivity index (χ4n) is 2.40. The molecule has 0 spiro atoms. The molecule has 1 aromatic carbocycles. The van der Waals surface area contributed by atoms with Crippen molar-refractivity contribution in [1.29, 1.82) is 0 Å².